The molecule has 2 amide bonds. The average molecular weight is 271 g/mol. The van der Waals surface area contributed by atoms with Gasteiger partial charge in [0.25, 0.3) is 5.91 Å². The van der Waals surface area contributed by atoms with Gasteiger partial charge in [-0.3, -0.25) is 9.59 Å². The molecule has 1 aromatic heterocycles. The van der Waals surface area contributed by atoms with Crippen LogP contribution in [-0.4, -0.2) is 23.9 Å². The lowest BCUT2D eigenvalue weighted by Crippen LogP contribution is -2.13. The number of pyridine rings is 1. The monoisotopic (exact) mass is 271 g/mol. The van der Waals surface area contributed by atoms with Gasteiger partial charge in [-0.1, -0.05) is 0 Å². The van der Waals surface area contributed by atoms with Crippen molar-refractivity contribution in [1.29, 1.82) is 0 Å². The molecule has 0 saturated heterocycles. The lowest BCUT2D eigenvalue weighted by Gasteiger charge is -2.06. The summed E-state index contributed by atoms with van der Waals surface area (Å²) in [4.78, 5) is 26.8. The van der Waals surface area contributed by atoms with Crippen LogP contribution in [-0.2, 0) is 0 Å². The number of aromatic nitrogens is 1. The van der Waals surface area contributed by atoms with E-state index in [1.165, 1.54) is 13.3 Å². The van der Waals surface area contributed by atoms with Crippen LogP contribution in [0.25, 0.3) is 0 Å². The van der Waals surface area contributed by atoms with Gasteiger partial charge >= 0.3 is 0 Å². The minimum absolute atomic E-state index is 0.299. The van der Waals surface area contributed by atoms with Gasteiger partial charge in [0.2, 0.25) is 11.8 Å². The fraction of sp³-hybridized carbons (Fsp3) is 0.0714. The highest BCUT2D eigenvalue weighted by Crippen LogP contribution is 2.12. The van der Waals surface area contributed by atoms with Gasteiger partial charge in [-0.05, 0) is 30.3 Å². The number of nitrogens with two attached hydrogens (primary N) is 1. The Balaban J connectivity index is 2.08. The Bertz CT molecular complexity index is 621. The Morgan fingerprint density at radius 2 is 1.75 bits per heavy atom. The molecule has 1 heterocycles. The quantitative estimate of drug-likeness (QED) is 0.879. The van der Waals surface area contributed by atoms with E-state index in [1.807, 2.05) is 0 Å². The van der Waals surface area contributed by atoms with Gasteiger partial charge < -0.3 is 15.8 Å². The summed E-state index contributed by atoms with van der Waals surface area (Å²) in [6, 6.07) is 9.52. The Kier molecular flexibility index (Phi) is 3.95. The molecule has 6 nitrogen and oxygen atoms in total. The maximum absolute atomic E-state index is 11.9. The zero-order chi connectivity index (χ0) is 14.5. The molecule has 0 aliphatic carbocycles. The number of hydrogen-bond acceptors (Lipinski definition) is 4. The third-order valence-corrected chi connectivity index (χ3v) is 2.63. The van der Waals surface area contributed by atoms with Gasteiger partial charge in [-0.2, -0.15) is 0 Å². The first-order valence-electron chi connectivity index (χ1n) is 5.81. The first-order valence-corrected chi connectivity index (χ1v) is 5.81. The molecule has 0 aliphatic rings. The molecule has 0 spiro atoms. The molecule has 0 bridgehead atoms. The van der Waals surface area contributed by atoms with E-state index in [1.54, 1.807) is 36.4 Å². The second-order valence-electron chi connectivity index (χ2n) is 3.98. The average Bonchev–Trinajstić information content (AvgIpc) is 2.48. The normalized spacial score (nSPS) is 9.85. The van der Waals surface area contributed by atoms with Crippen LogP contribution in [0.3, 0.4) is 0 Å². The molecule has 20 heavy (non-hydrogen) atoms. The van der Waals surface area contributed by atoms with Crippen LogP contribution in [0.5, 0.6) is 5.88 Å². The lowest BCUT2D eigenvalue weighted by atomic mass is 10.2. The minimum atomic E-state index is -0.512. The first kappa shape index (κ1) is 13.5. The molecule has 2 aromatic rings. The van der Waals surface area contributed by atoms with Gasteiger partial charge in [-0.25, -0.2) is 4.98 Å². The van der Waals surface area contributed by atoms with E-state index in [0.29, 0.717) is 22.7 Å². The van der Waals surface area contributed by atoms with Crippen molar-refractivity contribution in [3.05, 3.63) is 53.7 Å². The zero-order valence-corrected chi connectivity index (χ0v) is 10.8. The molecule has 3 N–H and O–H groups in total. The third-order valence-electron chi connectivity index (χ3n) is 2.63. The van der Waals surface area contributed by atoms with E-state index >= 15 is 0 Å². The number of methoxy groups -OCH3 is 1. The topological polar surface area (TPSA) is 94.3 Å². The van der Waals surface area contributed by atoms with Crippen molar-refractivity contribution >= 4 is 17.5 Å². The van der Waals surface area contributed by atoms with Gasteiger partial charge in [-0.15, -0.1) is 0 Å². The van der Waals surface area contributed by atoms with Crippen LogP contribution < -0.4 is 15.8 Å². The molecule has 0 aliphatic heterocycles. The number of nitrogens with one attached hydrogen (secondary N) is 1. The number of primary amides is 1. The largest absolute Gasteiger partial charge is 0.481 e. The summed E-state index contributed by atoms with van der Waals surface area (Å²) in [6.45, 7) is 0. The van der Waals surface area contributed by atoms with E-state index in [4.69, 9.17) is 10.5 Å². The van der Waals surface area contributed by atoms with E-state index < -0.39 is 5.91 Å². The molecule has 0 fully saturated rings. The Morgan fingerprint density at radius 3 is 2.25 bits per heavy atom. The predicted molar refractivity (Wildman–Crippen MR) is 73.7 cm³/mol. The number of rotatable bonds is 4. The van der Waals surface area contributed by atoms with Crippen molar-refractivity contribution in [3.63, 3.8) is 0 Å². The van der Waals surface area contributed by atoms with Gasteiger partial charge in [0.1, 0.15) is 0 Å². The van der Waals surface area contributed by atoms with Crippen molar-refractivity contribution in [1.82, 2.24) is 4.98 Å². The van der Waals surface area contributed by atoms with Crippen LogP contribution in [0.2, 0.25) is 0 Å². The number of benzene rings is 1. The SMILES string of the molecule is COc1ccc(C(=O)Nc2ccc(C(N)=O)cc2)cn1. The second-order valence-corrected chi connectivity index (χ2v) is 3.98. The van der Waals surface area contributed by atoms with Crippen LogP contribution in [0.4, 0.5) is 5.69 Å². The highest BCUT2D eigenvalue weighted by Gasteiger charge is 2.07. The Labute approximate surface area is 115 Å². The van der Waals surface area contributed by atoms with E-state index in [2.05, 4.69) is 10.3 Å². The molecule has 2 rings (SSSR count). The van der Waals surface area contributed by atoms with E-state index in [-0.39, 0.29) is 5.91 Å². The number of anilines is 1. The molecule has 0 saturated carbocycles. The zero-order valence-electron chi connectivity index (χ0n) is 10.8. The third kappa shape index (κ3) is 3.11. The Morgan fingerprint density at radius 1 is 1.10 bits per heavy atom. The number of amides is 2. The summed E-state index contributed by atoms with van der Waals surface area (Å²) in [5, 5.41) is 2.69. The summed E-state index contributed by atoms with van der Waals surface area (Å²) in [5.74, 6) is -0.374. The summed E-state index contributed by atoms with van der Waals surface area (Å²) in [7, 11) is 1.50. The maximum Gasteiger partial charge on any atom is 0.257 e. The van der Waals surface area contributed by atoms with Gasteiger partial charge in [0, 0.05) is 23.5 Å². The fourth-order valence-electron chi connectivity index (χ4n) is 1.56. The fourth-order valence-corrected chi connectivity index (χ4v) is 1.56. The lowest BCUT2D eigenvalue weighted by molar-refractivity contribution is 0.0998. The maximum atomic E-state index is 11.9. The van der Waals surface area contributed by atoms with Crippen LogP contribution in [0.15, 0.2) is 42.6 Å². The number of carbonyl (C=O) groups excluding carboxylic acids is 2. The van der Waals surface area contributed by atoms with Gasteiger partial charge in [0.05, 0.1) is 12.7 Å². The van der Waals surface area contributed by atoms with Crippen molar-refractivity contribution in [2.75, 3.05) is 12.4 Å². The minimum Gasteiger partial charge on any atom is -0.481 e. The number of hydrogen-bond donors (Lipinski definition) is 2. The summed E-state index contributed by atoms with van der Waals surface area (Å²) < 4.78 is 4.92. The molecule has 6 heteroatoms. The molecular formula is C14H13N3O3. The predicted octanol–water partition coefficient (Wildman–Crippen LogP) is 1.44. The highest BCUT2D eigenvalue weighted by atomic mass is 16.5. The standard InChI is InChI=1S/C14H13N3O3/c1-20-12-7-4-10(8-16-12)14(19)17-11-5-2-9(3-6-11)13(15)18/h2-8H,1H3,(H2,15,18)(H,17,19). The van der Waals surface area contributed by atoms with Crippen molar-refractivity contribution in [2.24, 2.45) is 5.73 Å². The smallest absolute Gasteiger partial charge is 0.257 e. The summed E-state index contributed by atoms with van der Waals surface area (Å²) in [6.07, 6.45) is 1.42. The van der Waals surface area contributed by atoms with Crippen LogP contribution in [0, 0.1) is 0 Å². The summed E-state index contributed by atoms with van der Waals surface area (Å²) >= 11 is 0. The molecular weight excluding hydrogens is 258 g/mol. The van der Waals surface area contributed by atoms with E-state index in [0.717, 1.165) is 0 Å². The Hall–Kier alpha value is -2.89. The number of nitrogens with zero attached hydrogens (tertiary/aromatic N) is 1. The first-order chi connectivity index (χ1) is 9.60. The van der Waals surface area contributed by atoms with E-state index in [9.17, 15) is 9.59 Å². The van der Waals surface area contributed by atoms with Crippen molar-refractivity contribution in [3.8, 4) is 5.88 Å². The van der Waals surface area contributed by atoms with Crippen LogP contribution >= 0.6 is 0 Å². The number of carbonyl (C=O) groups is 2. The highest BCUT2D eigenvalue weighted by molar-refractivity contribution is 6.04. The van der Waals surface area contributed by atoms with Gasteiger partial charge in [0.15, 0.2) is 0 Å². The molecule has 102 valence electrons. The van der Waals surface area contributed by atoms with Crippen molar-refractivity contribution < 1.29 is 14.3 Å². The van der Waals surface area contributed by atoms with Crippen LogP contribution in [0.1, 0.15) is 20.7 Å². The summed E-state index contributed by atoms with van der Waals surface area (Å²) in [5.41, 5.74) is 6.49. The molecule has 0 unspecified atom stereocenters. The molecule has 0 atom stereocenters. The second kappa shape index (κ2) is 5.83. The van der Waals surface area contributed by atoms with Crippen molar-refractivity contribution in [2.45, 2.75) is 0 Å². The molecule has 0 radical (unpaired) electrons. The number of ether oxygens (including phenoxy) is 1. The molecule has 1 aromatic carbocycles.